The van der Waals surface area contributed by atoms with E-state index in [0.29, 0.717) is 37.2 Å². The van der Waals surface area contributed by atoms with Crippen LogP contribution in [-0.2, 0) is 11.3 Å². The summed E-state index contributed by atoms with van der Waals surface area (Å²) in [6.07, 6.45) is 7.56. The van der Waals surface area contributed by atoms with Gasteiger partial charge in [0, 0.05) is 18.5 Å². The minimum absolute atomic E-state index is 0.00116. The third kappa shape index (κ3) is 3.86. The molecule has 1 aromatic rings. The van der Waals surface area contributed by atoms with Crippen LogP contribution in [0.1, 0.15) is 63.9 Å². The molecule has 4 aliphatic carbocycles. The van der Waals surface area contributed by atoms with Gasteiger partial charge in [0.15, 0.2) is 11.5 Å². The van der Waals surface area contributed by atoms with Crippen molar-refractivity contribution in [3.8, 4) is 11.5 Å². The molecule has 4 aliphatic rings. The Morgan fingerprint density at radius 3 is 2.64 bits per heavy atom. The van der Waals surface area contributed by atoms with E-state index >= 15 is 0 Å². The Bertz CT molecular complexity index is 717. The number of para-hydroxylation sites is 1. The molecule has 0 spiro atoms. The summed E-state index contributed by atoms with van der Waals surface area (Å²) in [4.78, 5) is 12.8. The highest BCUT2D eigenvalue weighted by molar-refractivity contribution is 5.77. The Labute approximate surface area is 167 Å². The van der Waals surface area contributed by atoms with Gasteiger partial charge in [-0.15, -0.1) is 0 Å². The van der Waals surface area contributed by atoms with Gasteiger partial charge in [-0.3, -0.25) is 4.79 Å². The zero-order valence-electron chi connectivity index (χ0n) is 17.1. The van der Waals surface area contributed by atoms with E-state index in [1.165, 1.54) is 6.42 Å². The first-order valence-electron chi connectivity index (χ1n) is 10.7. The van der Waals surface area contributed by atoms with Gasteiger partial charge < -0.3 is 19.9 Å². The second-order valence-corrected chi connectivity index (χ2v) is 9.44. The number of carbonyl (C=O) groups is 1. The average molecular weight is 388 g/mol. The summed E-state index contributed by atoms with van der Waals surface area (Å²) in [6.45, 7) is 3.12. The highest BCUT2D eigenvalue weighted by Gasteiger charge is 2.57. The molecule has 1 amide bonds. The summed E-state index contributed by atoms with van der Waals surface area (Å²) in [6, 6.07) is 5.78. The molecule has 5 nitrogen and oxygen atoms in total. The van der Waals surface area contributed by atoms with Crippen LogP contribution in [0.4, 0.5) is 0 Å². The smallest absolute Gasteiger partial charge is 0.220 e. The molecule has 28 heavy (non-hydrogen) atoms. The lowest BCUT2D eigenvalue weighted by Crippen LogP contribution is -2.56. The molecule has 4 bridgehead atoms. The van der Waals surface area contributed by atoms with Gasteiger partial charge in [0.1, 0.15) is 0 Å². The SMILES string of the molecule is CCCOc1c(CNC(=O)CC23C[C@@H]4C[C@H](CC(O)(C4)C2)C3)cccc1OC. The number of ether oxygens (including phenoxy) is 2. The van der Waals surface area contributed by atoms with Crippen molar-refractivity contribution in [1.82, 2.24) is 5.32 Å². The number of aliphatic hydroxyl groups is 1. The van der Waals surface area contributed by atoms with E-state index in [0.717, 1.165) is 49.8 Å². The van der Waals surface area contributed by atoms with Crippen LogP contribution in [0.5, 0.6) is 11.5 Å². The number of carbonyl (C=O) groups excluding carboxylic acids is 1. The second-order valence-electron chi connectivity index (χ2n) is 9.44. The molecule has 0 saturated heterocycles. The molecule has 0 heterocycles. The lowest BCUT2D eigenvalue weighted by atomic mass is 9.47. The molecule has 0 unspecified atom stereocenters. The van der Waals surface area contributed by atoms with Gasteiger partial charge in [-0.05, 0) is 68.3 Å². The van der Waals surface area contributed by atoms with Crippen molar-refractivity contribution in [2.75, 3.05) is 13.7 Å². The van der Waals surface area contributed by atoms with E-state index in [1.54, 1.807) is 7.11 Å². The van der Waals surface area contributed by atoms with Crippen LogP contribution in [0.2, 0.25) is 0 Å². The van der Waals surface area contributed by atoms with Crippen LogP contribution in [0, 0.1) is 17.3 Å². The van der Waals surface area contributed by atoms with Gasteiger partial charge in [0.25, 0.3) is 0 Å². The van der Waals surface area contributed by atoms with Crippen molar-refractivity contribution < 1.29 is 19.4 Å². The molecule has 5 heteroatoms. The molecule has 5 rings (SSSR count). The van der Waals surface area contributed by atoms with E-state index < -0.39 is 5.60 Å². The number of amides is 1. The van der Waals surface area contributed by atoms with Crippen molar-refractivity contribution in [3.05, 3.63) is 23.8 Å². The molecule has 0 aliphatic heterocycles. The van der Waals surface area contributed by atoms with Crippen molar-refractivity contribution in [1.29, 1.82) is 0 Å². The average Bonchev–Trinajstić information content (AvgIpc) is 2.62. The predicted octanol–water partition coefficient (Wildman–Crippen LogP) is 3.82. The fraction of sp³-hybridized carbons (Fsp3) is 0.696. The number of hydrogen-bond acceptors (Lipinski definition) is 4. The third-order valence-electron chi connectivity index (χ3n) is 6.89. The maximum absolute atomic E-state index is 12.8. The van der Waals surface area contributed by atoms with Crippen LogP contribution >= 0.6 is 0 Å². The first kappa shape index (κ1) is 19.6. The number of hydrogen-bond donors (Lipinski definition) is 2. The third-order valence-corrected chi connectivity index (χ3v) is 6.89. The largest absolute Gasteiger partial charge is 0.493 e. The van der Waals surface area contributed by atoms with E-state index in [9.17, 15) is 9.90 Å². The summed E-state index contributed by atoms with van der Waals surface area (Å²) in [7, 11) is 1.63. The Kier molecular flexibility index (Phi) is 5.30. The fourth-order valence-electron chi connectivity index (χ4n) is 6.43. The Hall–Kier alpha value is -1.75. The van der Waals surface area contributed by atoms with Gasteiger partial charge in [0.2, 0.25) is 5.91 Å². The van der Waals surface area contributed by atoms with Crippen LogP contribution in [0.25, 0.3) is 0 Å². The molecule has 1 aromatic carbocycles. The number of methoxy groups -OCH3 is 1. The summed E-state index contributed by atoms with van der Waals surface area (Å²) < 4.78 is 11.3. The van der Waals surface area contributed by atoms with E-state index in [-0.39, 0.29) is 11.3 Å². The summed E-state index contributed by atoms with van der Waals surface area (Å²) in [5, 5.41) is 14.0. The zero-order valence-corrected chi connectivity index (χ0v) is 17.1. The summed E-state index contributed by atoms with van der Waals surface area (Å²) in [5.41, 5.74) is 0.419. The highest BCUT2D eigenvalue weighted by Crippen LogP contribution is 2.62. The number of nitrogens with one attached hydrogen (secondary N) is 1. The van der Waals surface area contributed by atoms with Gasteiger partial charge in [0.05, 0.1) is 19.3 Å². The maximum Gasteiger partial charge on any atom is 0.220 e. The molecule has 0 aromatic heterocycles. The van der Waals surface area contributed by atoms with Gasteiger partial charge in [-0.25, -0.2) is 0 Å². The molecule has 4 fully saturated rings. The first-order valence-corrected chi connectivity index (χ1v) is 10.7. The van der Waals surface area contributed by atoms with Crippen molar-refractivity contribution in [2.45, 2.75) is 70.4 Å². The summed E-state index contributed by atoms with van der Waals surface area (Å²) in [5.74, 6) is 2.70. The minimum atomic E-state index is -0.516. The molecular formula is C23H33NO4. The Morgan fingerprint density at radius 1 is 1.25 bits per heavy atom. The molecule has 154 valence electrons. The van der Waals surface area contributed by atoms with Crippen LogP contribution in [-0.4, -0.2) is 30.3 Å². The number of benzene rings is 1. The number of rotatable bonds is 8. The zero-order chi connectivity index (χ0) is 19.8. The quantitative estimate of drug-likeness (QED) is 0.712. The Morgan fingerprint density at radius 2 is 2.00 bits per heavy atom. The minimum Gasteiger partial charge on any atom is -0.493 e. The van der Waals surface area contributed by atoms with Crippen LogP contribution in [0.3, 0.4) is 0 Å². The lowest BCUT2D eigenvalue weighted by Gasteiger charge is -2.60. The van der Waals surface area contributed by atoms with E-state index in [4.69, 9.17) is 9.47 Å². The van der Waals surface area contributed by atoms with E-state index in [1.807, 2.05) is 18.2 Å². The van der Waals surface area contributed by atoms with Crippen molar-refractivity contribution >= 4 is 5.91 Å². The monoisotopic (exact) mass is 387 g/mol. The molecule has 2 atom stereocenters. The molecule has 4 saturated carbocycles. The molecule has 0 radical (unpaired) electrons. The highest BCUT2D eigenvalue weighted by atomic mass is 16.5. The lowest BCUT2D eigenvalue weighted by molar-refractivity contribution is -0.169. The first-order chi connectivity index (χ1) is 13.4. The standard InChI is InChI=1S/C23H33NO4/c1-3-7-28-21-18(5-4-6-19(21)27-2)14-24-20(25)13-22-9-16-8-17(10-22)12-23(26,11-16)15-22/h4-6,16-17,26H,3,7-15H2,1-2H3,(H,24,25)/t16-,17-,22?,23?/m0/s1. The molecular weight excluding hydrogens is 354 g/mol. The second kappa shape index (κ2) is 7.58. The van der Waals surface area contributed by atoms with Crippen molar-refractivity contribution in [2.24, 2.45) is 17.3 Å². The van der Waals surface area contributed by atoms with Crippen LogP contribution in [0.15, 0.2) is 18.2 Å². The topological polar surface area (TPSA) is 67.8 Å². The predicted molar refractivity (Wildman–Crippen MR) is 107 cm³/mol. The molecule has 2 N–H and O–H groups in total. The van der Waals surface area contributed by atoms with Crippen molar-refractivity contribution in [3.63, 3.8) is 0 Å². The fourth-order valence-corrected chi connectivity index (χ4v) is 6.43. The normalized spacial score (nSPS) is 33.0. The van der Waals surface area contributed by atoms with E-state index in [2.05, 4.69) is 12.2 Å². The Balaban J connectivity index is 1.40. The van der Waals surface area contributed by atoms with Gasteiger partial charge in [-0.1, -0.05) is 19.1 Å². The maximum atomic E-state index is 12.8. The summed E-state index contributed by atoms with van der Waals surface area (Å²) >= 11 is 0. The van der Waals surface area contributed by atoms with Crippen LogP contribution < -0.4 is 14.8 Å². The van der Waals surface area contributed by atoms with Gasteiger partial charge in [-0.2, -0.15) is 0 Å². The van der Waals surface area contributed by atoms with Gasteiger partial charge >= 0.3 is 0 Å².